The monoisotopic (exact) mass is 235 g/mol. The van der Waals surface area contributed by atoms with Crippen molar-refractivity contribution in [2.75, 3.05) is 26.2 Å². The summed E-state index contributed by atoms with van der Waals surface area (Å²) in [6.45, 7) is 3.82. The molecule has 2 heterocycles. The van der Waals surface area contributed by atoms with Crippen molar-refractivity contribution >= 4 is 5.91 Å². The second-order valence-corrected chi connectivity index (χ2v) is 4.25. The first-order chi connectivity index (χ1) is 8.25. The molecule has 2 N–H and O–H groups in total. The minimum absolute atomic E-state index is 0.138. The third-order valence-electron chi connectivity index (χ3n) is 2.96. The van der Waals surface area contributed by atoms with Crippen molar-refractivity contribution in [3.8, 4) is 0 Å². The van der Waals surface area contributed by atoms with Crippen LogP contribution in [-0.4, -0.2) is 42.0 Å². The van der Waals surface area contributed by atoms with Crippen LogP contribution in [-0.2, 0) is 0 Å². The molecule has 0 aromatic carbocycles. The van der Waals surface area contributed by atoms with Gasteiger partial charge >= 0.3 is 0 Å². The van der Waals surface area contributed by atoms with E-state index in [-0.39, 0.29) is 11.5 Å². The molecule has 0 saturated carbocycles. The van der Waals surface area contributed by atoms with E-state index in [4.69, 9.17) is 0 Å². The van der Waals surface area contributed by atoms with Crippen LogP contribution in [0.15, 0.2) is 23.1 Å². The molecule has 5 nitrogen and oxygen atoms in total. The summed E-state index contributed by atoms with van der Waals surface area (Å²) in [5.74, 6) is -0.138. The third kappa shape index (κ3) is 3.42. The Balaban J connectivity index is 1.76. The molecule has 1 amide bonds. The number of carbonyl (C=O) groups is 1. The zero-order valence-corrected chi connectivity index (χ0v) is 9.74. The van der Waals surface area contributed by atoms with Gasteiger partial charge in [-0.05, 0) is 32.0 Å². The minimum Gasteiger partial charge on any atom is -0.351 e. The van der Waals surface area contributed by atoms with E-state index in [2.05, 4.69) is 15.2 Å². The summed E-state index contributed by atoms with van der Waals surface area (Å²) in [7, 11) is 0. The van der Waals surface area contributed by atoms with Crippen LogP contribution in [0, 0.1) is 0 Å². The van der Waals surface area contributed by atoms with Gasteiger partial charge in [-0.3, -0.25) is 9.59 Å². The van der Waals surface area contributed by atoms with Crippen LogP contribution in [0.2, 0.25) is 0 Å². The number of nitrogens with one attached hydrogen (secondary N) is 2. The van der Waals surface area contributed by atoms with E-state index in [0.717, 1.165) is 19.6 Å². The molecule has 1 aliphatic rings. The number of carbonyl (C=O) groups excluding carboxylic acids is 1. The molecule has 0 spiro atoms. The Labute approximate surface area is 99.8 Å². The lowest BCUT2D eigenvalue weighted by atomic mass is 10.2. The van der Waals surface area contributed by atoms with E-state index in [1.165, 1.54) is 31.2 Å². The quantitative estimate of drug-likeness (QED) is 0.783. The Hall–Kier alpha value is -1.62. The molecule has 2 rings (SSSR count). The topological polar surface area (TPSA) is 65.2 Å². The average molecular weight is 235 g/mol. The molecule has 1 saturated heterocycles. The molecular weight excluding hydrogens is 218 g/mol. The smallest absolute Gasteiger partial charge is 0.252 e. The Bertz CT molecular complexity index is 415. The highest BCUT2D eigenvalue weighted by Crippen LogP contribution is 2.05. The maximum absolute atomic E-state index is 11.7. The fraction of sp³-hybridized carbons (Fsp3) is 0.500. The zero-order valence-electron chi connectivity index (χ0n) is 9.74. The molecule has 0 aliphatic carbocycles. The number of aromatic nitrogens is 1. The van der Waals surface area contributed by atoms with E-state index < -0.39 is 0 Å². The molecule has 17 heavy (non-hydrogen) atoms. The minimum atomic E-state index is -0.196. The van der Waals surface area contributed by atoms with Gasteiger partial charge in [-0.1, -0.05) is 0 Å². The Morgan fingerprint density at radius 1 is 1.35 bits per heavy atom. The van der Waals surface area contributed by atoms with Gasteiger partial charge in [0, 0.05) is 25.4 Å². The molecular formula is C12H17N3O2. The maximum atomic E-state index is 11.7. The first-order valence-electron chi connectivity index (χ1n) is 5.95. The van der Waals surface area contributed by atoms with Gasteiger partial charge in [-0.25, -0.2) is 0 Å². The number of pyridine rings is 1. The summed E-state index contributed by atoms with van der Waals surface area (Å²) in [5, 5.41) is 2.84. The van der Waals surface area contributed by atoms with Gasteiger partial charge in [0.1, 0.15) is 0 Å². The summed E-state index contributed by atoms with van der Waals surface area (Å²) in [4.78, 5) is 27.3. The highest BCUT2D eigenvalue weighted by atomic mass is 16.1. The zero-order chi connectivity index (χ0) is 12.1. The molecule has 1 aromatic heterocycles. The van der Waals surface area contributed by atoms with Gasteiger partial charge in [0.15, 0.2) is 0 Å². The molecule has 0 radical (unpaired) electrons. The highest BCUT2D eigenvalue weighted by Gasteiger charge is 2.11. The lowest BCUT2D eigenvalue weighted by molar-refractivity contribution is 0.0949. The first kappa shape index (κ1) is 11.9. The number of aromatic amines is 1. The van der Waals surface area contributed by atoms with Crippen LogP contribution in [0.3, 0.4) is 0 Å². The van der Waals surface area contributed by atoms with Gasteiger partial charge in [0.05, 0.1) is 5.56 Å². The molecule has 0 unspecified atom stereocenters. The Kier molecular flexibility index (Phi) is 3.93. The maximum Gasteiger partial charge on any atom is 0.252 e. The van der Waals surface area contributed by atoms with Gasteiger partial charge in [0.2, 0.25) is 5.56 Å². The van der Waals surface area contributed by atoms with Crippen molar-refractivity contribution in [1.82, 2.24) is 15.2 Å². The van der Waals surface area contributed by atoms with Gasteiger partial charge in [0.25, 0.3) is 5.91 Å². The molecule has 1 aromatic rings. The third-order valence-corrected chi connectivity index (χ3v) is 2.96. The summed E-state index contributed by atoms with van der Waals surface area (Å²) in [6, 6.07) is 2.89. The van der Waals surface area contributed by atoms with Gasteiger partial charge < -0.3 is 15.2 Å². The lowest BCUT2D eigenvalue weighted by Crippen LogP contribution is -2.33. The predicted octanol–water partition coefficient (Wildman–Crippen LogP) is 0.201. The molecule has 0 atom stereocenters. The number of H-pyrrole nitrogens is 1. The second-order valence-electron chi connectivity index (χ2n) is 4.25. The number of nitrogens with zero attached hydrogens (tertiary/aromatic N) is 1. The fourth-order valence-electron chi connectivity index (χ4n) is 1.99. The van der Waals surface area contributed by atoms with Crippen molar-refractivity contribution in [3.63, 3.8) is 0 Å². The van der Waals surface area contributed by atoms with Crippen molar-refractivity contribution in [2.24, 2.45) is 0 Å². The van der Waals surface area contributed by atoms with Crippen molar-refractivity contribution in [3.05, 3.63) is 34.2 Å². The number of amides is 1. The van der Waals surface area contributed by atoms with Crippen LogP contribution >= 0.6 is 0 Å². The summed E-state index contributed by atoms with van der Waals surface area (Å²) in [6.07, 6.45) is 3.95. The Morgan fingerprint density at radius 2 is 2.12 bits per heavy atom. The molecule has 5 heteroatoms. The summed E-state index contributed by atoms with van der Waals surface area (Å²) in [5.41, 5.74) is 0.296. The number of hydrogen-bond acceptors (Lipinski definition) is 3. The van der Waals surface area contributed by atoms with Crippen molar-refractivity contribution in [2.45, 2.75) is 12.8 Å². The standard InChI is InChI=1S/C12H17N3O2/c16-11-4-3-10(9-14-11)12(17)13-5-8-15-6-1-2-7-15/h3-4,9H,1-2,5-8H2,(H,13,17)(H,14,16). The highest BCUT2D eigenvalue weighted by molar-refractivity contribution is 5.93. The van der Waals surface area contributed by atoms with E-state index in [0.29, 0.717) is 12.1 Å². The van der Waals surface area contributed by atoms with Gasteiger partial charge in [-0.15, -0.1) is 0 Å². The van der Waals surface area contributed by atoms with E-state index in [9.17, 15) is 9.59 Å². The molecule has 1 fully saturated rings. The van der Waals surface area contributed by atoms with E-state index in [1.54, 1.807) is 0 Å². The predicted molar refractivity (Wildman–Crippen MR) is 65.1 cm³/mol. The summed E-state index contributed by atoms with van der Waals surface area (Å²) < 4.78 is 0. The van der Waals surface area contributed by atoms with Crippen molar-refractivity contribution in [1.29, 1.82) is 0 Å². The lowest BCUT2D eigenvalue weighted by Gasteiger charge is -2.14. The van der Waals surface area contributed by atoms with Gasteiger partial charge in [-0.2, -0.15) is 0 Å². The molecule has 1 aliphatic heterocycles. The van der Waals surface area contributed by atoms with Crippen LogP contribution in [0.4, 0.5) is 0 Å². The van der Waals surface area contributed by atoms with Crippen LogP contribution in [0.5, 0.6) is 0 Å². The Morgan fingerprint density at radius 3 is 2.76 bits per heavy atom. The van der Waals surface area contributed by atoms with E-state index >= 15 is 0 Å². The van der Waals surface area contributed by atoms with Crippen LogP contribution in [0.25, 0.3) is 0 Å². The normalized spacial score (nSPS) is 16.0. The molecule has 0 bridgehead atoms. The summed E-state index contributed by atoms with van der Waals surface area (Å²) >= 11 is 0. The average Bonchev–Trinajstić information content (AvgIpc) is 2.83. The SMILES string of the molecule is O=C(NCCN1CCCC1)c1ccc(=O)[nH]c1. The largest absolute Gasteiger partial charge is 0.351 e. The van der Waals surface area contributed by atoms with E-state index in [1.807, 2.05) is 0 Å². The first-order valence-corrected chi connectivity index (χ1v) is 5.95. The van der Waals surface area contributed by atoms with Crippen LogP contribution < -0.4 is 10.9 Å². The molecule has 92 valence electrons. The second kappa shape index (κ2) is 5.63. The number of rotatable bonds is 4. The van der Waals surface area contributed by atoms with Crippen LogP contribution in [0.1, 0.15) is 23.2 Å². The number of likely N-dealkylation sites (tertiary alicyclic amines) is 1. The fourth-order valence-corrected chi connectivity index (χ4v) is 1.99. The number of hydrogen-bond donors (Lipinski definition) is 2. The van der Waals surface area contributed by atoms with Crippen molar-refractivity contribution < 1.29 is 4.79 Å².